The molecule has 1 N–H and O–H groups in total. The van der Waals surface area contributed by atoms with Crippen molar-refractivity contribution in [3.8, 4) is 0 Å². The molecule has 1 aliphatic heterocycles. The van der Waals surface area contributed by atoms with Crippen LogP contribution in [0, 0.1) is 11.2 Å². The summed E-state index contributed by atoms with van der Waals surface area (Å²) in [6.45, 7) is 1.37. The number of aliphatic hydroxyl groups is 1. The number of thiophene rings is 1. The third-order valence-electron chi connectivity index (χ3n) is 4.95. The molecule has 133 valence electrons. The topological polar surface area (TPSA) is 40.5 Å². The summed E-state index contributed by atoms with van der Waals surface area (Å²) < 4.78 is 15.3. The Morgan fingerprint density at radius 2 is 2.28 bits per heavy atom. The molecule has 7 heteroatoms. The van der Waals surface area contributed by atoms with Crippen LogP contribution in [0.15, 0.2) is 18.2 Å². The summed E-state index contributed by atoms with van der Waals surface area (Å²) in [6.07, 6.45) is 3.92. The first-order valence-corrected chi connectivity index (χ1v) is 12.4. The van der Waals surface area contributed by atoms with Gasteiger partial charge in [0.05, 0.1) is 0 Å². The number of aliphatic hydroxyl groups excluding tert-OH is 1. The molecular formula is C18H20ClFNO2PbS. The van der Waals surface area contributed by atoms with Crippen LogP contribution in [0.1, 0.15) is 35.4 Å². The van der Waals surface area contributed by atoms with Gasteiger partial charge in [0.25, 0.3) is 0 Å². The van der Waals surface area contributed by atoms with Crippen LogP contribution in [0.4, 0.5) is 4.39 Å². The second kappa shape index (κ2) is 8.19. The Bertz CT molecular complexity index is 784. The van der Waals surface area contributed by atoms with E-state index in [9.17, 15) is 14.3 Å². The number of carbonyl (C=O) groups excluding carboxylic acids is 1. The Morgan fingerprint density at radius 3 is 3.00 bits per heavy atom. The van der Waals surface area contributed by atoms with E-state index in [1.165, 1.54) is 53.2 Å². The van der Waals surface area contributed by atoms with Crippen molar-refractivity contribution in [2.75, 3.05) is 19.7 Å². The van der Waals surface area contributed by atoms with Crippen molar-refractivity contribution in [1.82, 2.24) is 4.90 Å². The Hall–Kier alpha value is -0.248. The predicted octanol–water partition coefficient (Wildman–Crippen LogP) is 4.28. The Kier molecular flexibility index (Phi) is 6.39. The first-order valence-electron chi connectivity index (χ1n) is 8.42. The minimum atomic E-state index is -0.329. The van der Waals surface area contributed by atoms with Gasteiger partial charge in [0.2, 0.25) is 0 Å². The van der Waals surface area contributed by atoms with Crippen molar-refractivity contribution in [2.24, 2.45) is 5.41 Å². The summed E-state index contributed by atoms with van der Waals surface area (Å²) in [6, 6.07) is 4.41. The third kappa shape index (κ3) is 4.04. The van der Waals surface area contributed by atoms with Gasteiger partial charge in [0.15, 0.2) is 0 Å². The molecule has 0 spiro atoms. The summed E-state index contributed by atoms with van der Waals surface area (Å²) in [7, 11) is 0. The van der Waals surface area contributed by atoms with E-state index in [2.05, 4.69) is 0 Å². The molecule has 1 aromatic carbocycles. The second-order valence-electron chi connectivity index (χ2n) is 6.73. The molecule has 3 radical (unpaired) electrons. The molecule has 3 rings (SSSR count). The van der Waals surface area contributed by atoms with Crippen molar-refractivity contribution in [2.45, 2.75) is 29.7 Å². The molecule has 0 bridgehead atoms. The van der Waals surface area contributed by atoms with E-state index in [-0.39, 0.29) is 23.7 Å². The summed E-state index contributed by atoms with van der Waals surface area (Å²) in [5.41, 5.74) is -0.187. The number of nitrogens with zero attached hydrogens (tertiary/aromatic N) is 1. The van der Waals surface area contributed by atoms with Crippen LogP contribution in [-0.2, 0) is 0 Å². The van der Waals surface area contributed by atoms with Gasteiger partial charge in [-0.15, -0.1) is 0 Å². The number of piperidine rings is 1. The maximum absolute atomic E-state index is 13.4. The summed E-state index contributed by atoms with van der Waals surface area (Å²) in [5.74, 6) is -0.431. The van der Waals surface area contributed by atoms with Gasteiger partial charge in [0.1, 0.15) is 0 Å². The maximum atomic E-state index is 13.4. The van der Waals surface area contributed by atoms with E-state index in [0.717, 1.165) is 31.1 Å². The average molecular weight is 576 g/mol. The van der Waals surface area contributed by atoms with E-state index >= 15 is 0 Å². The number of halogens is 2. The third-order valence-corrected chi connectivity index (χ3v) is 7.97. The Labute approximate surface area is 171 Å². The number of benzene rings is 1. The molecule has 1 saturated heterocycles. The van der Waals surface area contributed by atoms with Gasteiger partial charge in [-0.3, -0.25) is 0 Å². The molecule has 3 nitrogen and oxygen atoms in total. The van der Waals surface area contributed by atoms with Crippen molar-refractivity contribution < 1.29 is 14.3 Å². The summed E-state index contributed by atoms with van der Waals surface area (Å²) >= 11 is 8.82. The van der Waals surface area contributed by atoms with Crippen molar-refractivity contribution >= 4 is 64.7 Å². The van der Waals surface area contributed by atoms with Crippen LogP contribution < -0.4 is 0 Å². The molecule has 25 heavy (non-hydrogen) atoms. The average Bonchev–Trinajstić information content (AvgIpc) is 2.95. The van der Waals surface area contributed by atoms with E-state index in [4.69, 9.17) is 11.6 Å². The summed E-state index contributed by atoms with van der Waals surface area (Å²) in [4.78, 5) is 15.3. The van der Waals surface area contributed by atoms with Gasteiger partial charge in [-0.2, -0.15) is 0 Å². The number of rotatable bonds is 5. The van der Waals surface area contributed by atoms with E-state index in [0.29, 0.717) is 27.7 Å². The molecule has 2 aromatic rings. The number of amides is 1. The van der Waals surface area contributed by atoms with Gasteiger partial charge in [-0.05, 0) is 0 Å². The van der Waals surface area contributed by atoms with Crippen LogP contribution in [-0.4, -0.2) is 61.4 Å². The van der Waals surface area contributed by atoms with Crippen molar-refractivity contribution in [1.29, 1.82) is 0 Å². The van der Waals surface area contributed by atoms with Gasteiger partial charge >= 0.3 is 168 Å². The fraction of sp³-hybridized carbons (Fsp3) is 0.500. The molecule has 1 amide bonds. The predicted molar refractivity (Wildman–Crippen MR) is 101 cm³/mol. The number of hydrogen-bond donors (Lipinski definition) is 1. The van der Waals surface area contributed by atoms with Crippen LogP contribution in [0.2, 0.25) is 9.00 Å². The molecule has 2 heterocycles. The SMILES string of the molecule is O=C(c1sc2cc(F)ccc2c1Cl)N1CCCC(CO)(CC[CH2][Pb])C1. The van der Waals surface area contributed by atoms with Gasteiger partial charge < -0.3 is 0 Å². The van der Waals surface area contributed by atoms with Crippen LogP contribution >= 0.6 is 22.9 Å². The van der Waals surface area contributed by atoms with Crippen molar-refractivity contribution in [3.05, 3.63) is 33.9 Å². The van der Waals surface area contributed by atoms with Gasteiger partial charge in [0, 0.05) is 0 Å². The molecule has 1 atom stereocenters. The monoisotopic (exact) mass is 576 g/mol. The van der Waals surface area contributed by atoms with Gasteiger partial charge in [-0.1, -0.05) is 0 Å². The second-order valence-corrected chi connectivity index (χ2v) is 10.1. The number of carbonyl (C=O) groups is 1. The zero-order chi connectivity index (χ0) is 18.0. The molecule has 0 saturated carbocycles. The zero-order valence-electron chi connectivity index (χ0n) is 13.9. The molecule has 1 fully saturated rings. The van der Waals surface area contributed by atoms with E-state index in [1.54, 1.807) is 6.07 Å². The Morgan fingerprint density at radius 1 is 1.48 bits per heavy atom. The number of fused-ring (bicyclic) bond motifs is 1. The first kappa shape index (κ1) is 19.5. The molecule has 1 unspecified atom stereocenters. The van der Waals surface area contributed by atoms with Crippen molar-refractivity contribution in [3.63, 3.8) is 0 Å². The van der Waals surface area contributed by atoms with E-state index < -0.39 is 0 Å². The quantitative estimate of drug-likeness (QED) is 0.541. The fourth-order valence-electron chi connectivity index (χ4n) is 3.58. The molecular weight excluding hydrogens is 556 g/mol. The number of likely N-dealkylation sites (tertiary alicyclic amines) is 1. The normalized spacial score (nSPS) is 21.0. The van der Waals surface area contributed by atoms with Crippen LogP contribution in [0.5, 0.6) is 0 Å². The minimum absolute atomic E-state index is 0.102. The molecule has 1 aliphatic rings. The Balaban J connectivity index is 1.86. The van der Waals surface area contributed by atoms with E-state index in [1.807, 2.05) is 4.90 Å². The standard InChI is InChI=1S/C18H20ClFNO2S.Pb/c1-2-6-18(11-22)7-3-8-21(10-18)17(23)16-15(19)13-5-4-12(20)9-14(13)24-16;/h4-5,9,22H,1-3,6-8,10-11H2;. The molecule has 0 aliphatic carbocycles. The molecule has 1 aromatic heterocycles. The van der Waals surface area contributed by atoms with Gasteiger partial charge in [-0.25, -0.2) is 4.39 Å². The zero-order valence-corrected chi connectivity index (χ0v) is 19.3. The van der Waals surface area contributed by atoms with Crippen LogP contribution in [0.25, 0.3) is 10.1 Å². The summed E-state index contributed by atoms with van der Waals surface area (Å²) in [5, 5.41) is 11.1. The first-order chi connectivity index (χ1) is 12.0. The number of hydrogen-bond acceptors (Lipinski definition) is 3. The fourth-order valence-corrected chi connectivity index (χ4v) is 5.77. The van der Waals surface area contributed by atoms with Crippen LogP contribution in [0.3, 0.4) is 0 Å².